The van der Waals surface area contributed by atoms with E-state index < -0.39 is 0 Å². The number of aryl methyl sites for hydroxylation is 1. The van der Waals surface area contributed by atoms with Crippen molar-refractivity contribution in [2.24, 2.45) is 11.7 Å². The van der Waals surface area contributed by atoms with E-state index in [9.17, 15) is 4.79 Å². The molecule has 0 radical (unpaired) electrons. The molecular formula is C20H31Cl2N5O. The van der Waals surface area contributed by atoms with Crippen LogP contribution in [-0.4, -0.2) is 33.3 Å². The molecule has 2 aliphatic rings. The predicted molar refractivity (Wildman–Crippen MR) is 117 cm³/mol. The van der Waals surface area contributed by atoms with Crippen LogP contribution in [0.15, 0.2) is 6.07 Å². The third-order valence-electron chi connectivity index (χ3n) is 5.43. The molecule has 4 rings (SSSR count). The predicted octanol–water partition coefficient (Wildman–Crippen LogP) is 3.68. The summed E-state index contributed by atoms with van der Waals surface area (Å²) in [4.78, 5) is 17.9. The summed E-state index contributed by atoms with van der Waals surface area (Å²) in [5.41, 5.74) is 9.33. The first kappa shape index (κ1) is 22.9. The third-order valence-corrected chi connectivity index (χ3v) is 5.43. The number of halogens is 2. The maximum Gasteiger partial charge on any atom is 0.252 e. The maximum atomic E-state index is 13.0. The van der Waals surface area contributed by atoms with Gasteiger partial charge in [-0.25, -0.2) is 9.67 Å². The van der Waals surface area contributed by atoms with Crippen molar-refractivity contribution in [3.8, 4) is 0 Å². The second-order valence-electron chi connectivity index (χ2n) is 8.95. The van der Waals surface area contributed by atoms with Gasteiger partial charge < -0.3 is 11.1 Å². The van der Waals surface area contributed by atoms with E-state index in [1.54, 1.807) is 0 Å². The van der Waals surface area contributed by atoms with Crippen LogP contribution < -0.4 is 11.1 Å². The molecule has 2 fully saturated rings. The Morgan fingerprint density at radius 2 is 1.93 bits per heavy atom. The minimum atomic E-state index is -0.191. The van der Waals surface area contributed by atoms with E-state index in [0.717, 1.165) is 35.3 Å². The highest BCUT2D eigenvalue weighted by Crippen LogP contribution is 2.41. The number of nitrogens with zero attached hydrogens (tertiary/aromatic N) is 3. The van der Waals surface area contributed by atoms with Gasteiger partial charge in [-0.15, -0.1) is 24.8 Å². The molecule has 0 spiro atoms. The molecule has 2 aromatic heterocycles. The number of carbonyl (C=O) groups excluding carboxylic acids is 1. The van der Waals surface area contributed by atoms with E-state index in [4.69, 9.17) is 15.8 Å². The minimum absolute atomic E-state index is 0. The van der Waals surface area contributed by atoms with E-state index in [1.807, 2.05) is 17.7 Å². The van der Waals surface area contributed by atoms with Crippen molar-refractivity contribution in [2.75, 3.05) is 6.54 Å². The summed E-state index contributed by atoms with van der Waals surface area (Å²) < 4.78 is 1.95. The largest absolute Gasteiger partial charge is 0.350 e. The molecule has 0 aromatic carbocycles. The number of aromatic nitrogens is 3. The van der Waals surface area contributed by atoms with Crippen LogP contribution in [0.3, 0.4) is 0 Å². The number of nitrogens with one attached hydrogen (secondary N) is 1. The number of hydrogen-bond acceptors (Lipinski definition) is 4. The molecule has 2 aliphatic carbocycles. The summed E-state index contributed by atoms with van der Waals surface area (Å²) in [7, 11) is 0. The summed E-state index contributed by atoms with van der Waals surface area (Å²) in [5, 5.41) is 8.62. The molecular weight excluding hydrogens is 397 g/mol. The molecule has 2 heterocycles. The van der Waals surface area contributed by atoms with Crippen molar-refractivity contribution >= 4 is 41.8 Å². The fourth-order valence-corrected chi connectivity index (χ4v) is 3.54. The number of hydrogen-bond donors (Lipinski definition) is 2. The van der Waals surface area contributed by atoms with E-state index in [0.29, 0.717) is 23.9 Å². The second kappa shape index (κ2) is 8.17. The van der Waals surface area contributed by atoms with Crippen molar-refractivity contribution in [3.63, 3.8) is 0 Å². The van der Waals surface area contributed by atoms with Gasteiger partial charge in [0, 0.05) is 24.2 Å². The summed E-state index contributed by atoms with van der Waals surface area (Å²) in [6, 6.07) is 2.03. The van der Waals surface area contributed by atoms with Crippen LogP contribution in [0, 0.1) is 12.8 Å². The lowest BCUT2D eigenvalue weighted by atomic mass is 10.1. The first-order valence-electron chi connectivity index (χ1n) is 9.70. The van der Waals surface area contributed by atoms with Crippen molar-refractivity contribution in [2.45, 2.75) is 70.9 Å². The van der Waals surface area contributed by atoms with Crippen LogP contribution in [0.4, 0.5) is 0 Å². The molecule has 3 N–H and O–H groups in total. The Balaban J connectivity index is 0.00000140. The average molecular weight is 428 g/mol. The second-order valence-corrected chi connectivity index (χ2v) is 8.95. The van der Waals surface area contributed by atoms with Gasteiger partial charge in [-0.3, -0.25) is 4.79 Å². The topological polar surface area (TPSA) is 85.8 Å². The number of fused-ring (bicyclic) bond motifs is 1. The Labute approximate surface area is 178 Å². The lowest BCUT2D eigenvalue weighted by Gasteiger charge is -2.20. The van der Waals surface area contributed by atoms with Crippen molar-refractivity contribution in [1.29, 1.82) is 0 Å². The highest BCUT2D eigenvalue weighted by atomic mass is 35.5. The third kappa shape index (κ3) is 4.44. The van der Waals surface area contributed by atoms with Gasteiger partial charge in [0.25, 0.3) is 5.91 Å². The zero-order valence-corrected chi connectivity index (χ0v) is 18.6. The quantitative estimate of drug-likeness (QED) is 0.761. The highest BCUT2D eigenvalue weighted by molar-refractivity contribution is 6.06. The van der Waals surface area contributed by atoms with Crippen molar-refractivity contribution in [1.82, 2.24) is 20.1 Å². The fraction of sp³-hybridized carbons (Fsp3) is 0.650. The Morgan fingerprint density at radius 1 is 1.29 bits per heavy atom. The molecule has 0 bridgehead atoms. The van der Waals surface area contributed by atoms with Gasteiger partial charge in [0.05, 0.1) is 22.2 Å². The van der Waals surface area contributed by atoms with E-state index >= 15 is 0 Å². The summed E-state index contributed by atoms with van der Waals surface area (Å²) in [6.07, 6.45) is 4.66. The molecule has 2 saturated carbocycles. The molecule has 1 unspecified atom stereocenters. The monoisotopic (exact) mass is 427 g/mol. The molecule has 1 atom stereocenters. The van der Waals surface area contributed by atoms with Crippen molar-refractivity contribution < 1.29 is 4.79 Å². The molecule has 0 aliphatic heterocycles. The Kier molecular flexibility index (Phi) is 6.68. The SMILES string of the molecule is Cc1nn(C(C)(C)C)c2nc(C3CC3)cc(C(=O)NCC(N)C3CC3)c12.Cl.Cl. The van der Waals surface area contributed by atoms with Crippen LogP contribution in [0.5, 0.6) is 0 Å². The highest BCUT2D eigenvalue weighted by Gasteiger charge is 2.31. The van der Waals surface area contributed by atoms with Crippen LogP contribution in [0.2, 0.25) is 0 Å². The normalized spacial score (nSPS) is 17.6. The van der Waals surface area contributed by atoms with Gasteiger partial charge in [0.15, 0.2) is 5.65 Å². The molecule has 8 heteroatoms. The van der Waals surface area contributed by atoms with Crippen LogP contribution in [0.1, 0.15) is 74.1 Å². The van der Waals surface area contributed by atoms with Crippen LogP contribution in [-0.2, 0) is 5.54 Å². The van der Waals surface area contributed by atoms with Crippen LogP contribution in [0.25, 0.3) is 11.0 Å². The zero-order chi connectivity index (χ0) is 18.6. The first-order valence-corrected chi connectivity index (χ1v) is 9.70. The standard InChI is InChI=1S/C20H29N5O.2ClH/c1-11-17-14(19(26)22-10-15(21)12-5-6-12)9-16(13-7-8-13)23-18(17)25(24-11)20(2,3)4;;/h9,12-13,15H,5-8,10,21H2,1-4H3,(H,22,26);2*1H. The average Bonchev–Trinajstić information content (AvgIpc) is 3.47. The molecule has 0 saturated heterocycles. The molecule has 6 nitrogen and oxygen atoms in total. The summed E-state index contributed by atoms with van der Waals surface area (Å²) in [5.74, 6) is 0.982. The number of nitrogens with two attached hydrogens (primary N) is 1. The van der Waals surface area contributed by atoms with Gasteiger partial charge in [0.2, 0.25) is 0 Å². The fourth-order valence-electron chi connectivity index (χ4n) is 3.54. The lowest BCUT2D eigenvalue weighted by molar-refractivity contribution is 0.0951. The Morgan fingerprint density at radius 3 is 2.46 bits per heavy atom. The Bertz CT molecular complexity index is 866. The number of rotatable bonds is 5. The smallest absolute Gasteiger partial charge is 0.252 e. The molecule has 28 heavy (non-hydrogen) atoms. The van der Waals surface area contributed by atoms with Gasteiger partial charge >= 0.3 is 0 Å². The summed E-state index contributed by atoms with van der Waals surface area (Å²) >= 11 is 0. The maximum absolute atomic E-state index is 13.0. The number of carbonyl (C=O) groups is 1. The molecule has 2 aromatic rings. The zero-order valence-electron chi connectivity index (χ0n) is 17.0. The van der Waals surface area contributed by atoms with Crippen LogP contribution >= 0.6 is 24.8 Å². The van der Waals surface area contributed by atoms with Gasteiger partial charge in [-0.1, -0.05) is 0 Å². The van der Waals surface area contributed by atoms with E-state index in [1.165, 1.54) is 12.8 Å². The van der Waals surface area contributed by atoms with Gasteiger partial charge in [0.1, 0.15) is 0 Å². The molecule has 1 amide bonds. The lowest BCUT2D eigenvalue weighted by Crippen LogP contribution is -2.38. The molecule has 156 valence electrons. The van der Waals surface area contributed by atoms with E-state index in [-0.39, 0.29) is 42.3 Å². The summed E-state index contributed by atoms with van der Waals surface area (Å²) in [6.45, 7) is 8.81. The van der Waals surface area contributed by atoms with E-state index in [2.05, 4.69) is 26.1 Å². The van der Waals surface area contributed by atoms with Gasteiger partial charge in [-0.05, 0) is 65.4 Å². The first-order chi connectivity index (χ1) is 12.3. The number of pyridine rings is 1. The number of amides is 1. The Hall–Kier alpha value is -1.37. The minimum Gasteiger partial charge on any atom is -0.350 e. The van der Waals surface area contributed by atoms with Crippen molar-refractivity contribution in [3.05, 3.63) is 23.0 Å². The van der Waals surface area contributed by atoms with Gasteiger partial charge in [-0.2, -0.15) is 5.10 Å².